The molecule has 0 atom stereocenters. The third-order valence-corrected chi connectivity index (χ3v) is 1.43. The average Bonchev–Trinajstić information content (AvgIpc) is 1.85. The minimum Gasteiger partial charge on any atom is -0.466 e. The van der Waals surface area contributed by atoms with Crippen molar-refractivity contribution in [3.8, 4) is 0 Å². The van der Waals surface area contributed by atoms with Crippen molar-refractivity contribution in [2.24, 2.45) is 0 Å². The van der Waals surface area contributed by atoms with Gasteiger partial charge >= 0.3 is 5.97 Å². The maximum absolute atomic E-state index is 10.6. The Morgan fingerprint density at radius 1 is 1.67 bits per heavy atom. The number of carbonyl (C=O) groups excluding carboxylic acids is 1. The molecule has 0 saturated heterocycles. The first-order valence-corrected chi connectivity index (χ1v) is 4.35. The lowest BCUT2D eigenvalue weighted by molar-refractivity contribution is -0.142. The van der Waals surface area contributed by atoms with Crippen molar-refractivity contribution in [3.05, 3.63) is 0 Å². The quantitative estimate of drug-likeness (QED) is 0.562. The van der Waals surface area contributed by atoms with E-state index in [1.807, 2.05) is 13.2 Å². The summed E-state index contributed by atoms with van der Waals surface area (Å²) in [7, 11) is 0. The van der Waals surface area contributed by atoms with Crippen molar-refractivity contribution in [2.75, 3.05) is 18.6 Å². The maximum atomic E-state index is 10.6. The second-order valence-corrected chi connectivity index (χ2v) is 2.53. The van der Waals surface area contributed by atoms with Crippen LogP contribution in [-0.4, -0.2) is 24.6 Å². The lowest BCUT2D eigenvalue weighted by Gasteiger charge is -1.97. The van der Waals surface area contributed by atoms with E-state index in [1.54, 1.807) is 11.8 Å². The van der Waals surface area contributed by atoms with Crippen LogP contribution in [-0.2, 0) is 9.53 Å². The van der Waals surface area contributed by atoms with Crippen molar-refractivity contribution >= 4 is 17.7 Å². The average molecular weight is 148 g/mol. The third kappa shape index (κ3) is 5.69. The molecule has 0 bridgehead atoms. The molecule has 0 fully saturated rings. The molecule has 0 aliphatic carbocycles. The molecule has 0 heterocycles. The number of hydrogen-bond acceptors (Lipinski definition) is 3. The van der Waals surface area contributed by atoms with Gasteiger partial charge in [0.05, 0.1) is 13.0 Å². The molecule has 0 spiro atoms. The smallest absolute Gasteiger partial charge is 0.306 e. The summed E-state index contributed by atoms with van der Waals surface area (Å²) in [5.41, 5.74) is 0. The van der Waals surface area contributed by atoms with Gasteiger partial charge in [-0.1, -0.05) is 0 Å². The first-order chi connectivity index (χ1) is 4.31. The number of esters is 1. The van der Waals surface area contributed by atoms with Crippen LogP contribution < -0.4 is 0 Å². The van der Waals surface area contributed by atoms with Gasteiger partial charge in [-0.2, -0.15) is 11.8 Å². The number of rotatable bonds is 4. The van der Waals surface area contributed by atoms with Crippen molar-refractivity contribution in [1.29, 1.82) is 0 Å². The van der Waals surface area contributed by atoms with Gasteiger partial charge in [0.2, 0.25) is 0 Å². The van der Waals surface area contributed by atoms with Crippen LogP contribution in [0.4, 0.5) is 0 Å². The standard InChI is InChI=1S/C6H12O2S/c1-3-8-6(7)4-5-9-2/h3-5H2,1-2H3. The normalized spacial score (nSPS) is 9.11. The van der Waals surface area contributed by atoms with Gasteiger partial charge in [-0.05, 0) is 13.2 Å². The first-order valence-electron chi connectivity index (χ1n) is 2.95. The van der Waals surface area contributed by atoms with Gasteiger partial charge in [0.15, 0.2) is 0 Å². The van der Waals surface area contributed by atoms with Gasteiger partial charge in [-0.3, -0.25) is 4.79 Å². The third-order valence-electron chi connectivity index (χ3n) is 0.816. The molecule has 3 heteroatoms. The SMILES string of the molecule is CCOC(=O)CCSC. The van der Waals surface area contributed by atoms with Gasteiger partial charge in [0, 0.05) is 5.75 Å². The van der Waals surface area contributed by atoms with Crippen molar-refractivity contribution in [3.63, 3.8) is 0 Å². The monoisotopic (exact) mass is 148 g/mol. The topological polar surface area (TPSA) is 26.3 Å². The molecule has 9 heavy (non-hydrogen) atoms. The second-order valence-electron chi connectivity index (χ2n) is 1.55. The molecule has 0 saturated carbocycles. The zero-order valence-corrected chi connectivity index (χ0v) is 6.66. The summed E-state index contributed by atoms with van der Waals surface area (Å²) in [5, 5.41) is 0. The van der Waals surface area contributed by atoms with Gasteiger partial charge in [-0.25, -0.2) is 0 Å². The van der Waals surface area contributed by atoms with E-state index in [4.69, 9.17) is 4.74 Å². The van der Waals surface area contributed by atoms with Crippen molar-refractivity contribution in [2.45, 2.75) is 13.3 Å². The van der Waals surface area contributed by atoms with Crippen LogP contribution in [0, 0.1) is 0 Å². The Kier molecular flexibility index (Phi) is 5.83. The van der Waals surface area contributed by atoms with Crippen LogP contribution in [0.15, 0.2) is 0 Å². The van der Waals surface area contributed by atoms with Crippen LogP contribution in [0.25, 0.3) is 0 Å². The molecular formula is C6H12O2S. The molecule has 0 rings (SSSR count). The molecule has 2 nitrogen and oxygen atoms in total. The highest BCUT2D eigenvalue weighted by Crippen LogP contribution is 1.96. The summed E-state index contributed by atoms with van der Waals surface area (Å²) >= 11 is 1.65. The van der Waals surface area contributed by atoms with E-state index in [2.05, 4.69) is 0 Å². The number of carbonyl (C=O) groups is 1. The van der Waals surface area contributed by atoms with E-state index < -0.39 is 0 Å². The van der Waals surface area contributed by atoms with E-state index in [9.17, 15) is 4.79 Å². The molecule has 0 aromatic heterocycles. The molecule has 0 aliphatic rings. The summed E-state index contributed by atoms with van der Waals surface area (Å²) < 4.78 is 4.69. The van der Waals surface area contributed by atoms with E-state index in [1.165, 1.54) is 0 Å². The van der Waals surface area contributed by atoms with Crippen LogP contribution in [0.3, 0.4) is 0 Å². The summed E-state index contributed by atoms with van der Waals surface area (Å²) in [5.74, 6) is 0.769. The zero-order valence-electron chi connectivity index (χ0n) is 5.85. The number of hydrogen-bond donors (Lipinski definition) is 0. The Bertz CT molecular complexity index is 83.1. The second kappa shape index (κ2) is 5.95. The predicted molar refractivity (Wildman–Crippen MR) is 39.6 cm³/mol. The Morgan fingerprint density at radius 2 is 2.33 bits per heavy atom. The van der Waals surface area contributed by atoms with Gasteiger partial charge < -0.3 is 4.74 Å². The van der Waals surface area contributed by atoms with Gasteiger partial charge in [0.1, 0.15) is 0 Å². The molecule has 0 radical (unpaired) electrons. The zero-order chi connectivity index (χ0) is 7.11. The van der Waals surface area contributed by atoms with Crippen molar-refractivity contribution in [1.82, 2.24) is 0 Å². The summed E-state index contributed by atoms with van der Waals surface area (Å²) in [6, 6.07) is 0. The molecule has 0 amide bonds. The maximum Gasteiger partial charge on any atom is 0.306 e. The Hall–Kier alpha value is -0.180. The van der Waals surface area contributed by atoms with E-state index in [0.29, 0.717) is 13.0 Å². The summed E-state index contributed by atoms with van der Waals surface area (Å²) in [4.78, 5) is 10.6. The van der Waals surface area contributed by atoms with Crippen LogP contribution >= 0.6 is 11.8 Å². The lowest BCUT2D eigenvalue weighted by atomic mass is 10.5. The Balaban J connectivity index is 3.06. The number of thioether (sulfide) groups is 1. The minimum atomic E-state index is -0.0909. The lowest BCUT2D eigenvalue weighted by Crippen LogP contribution is -2.04. The fourth-order valence-corrected chi connectivity index (χ4v) is 0.789. The molecule has 0 unspecified atom stereocenters. The highest BCUT2D eigenvalue weighted by atomic mass is 32.2. The fraction of sp³-hybridized carbons (Fsp3) is 0.833. The number of ether oxygens (including phenoxy) is 1. The van der Waals surface area contributed by atoms with E-state index in [-0.39, 0.29) is 5.97 Å². The van der Waals surface area contributed by atoms with E-state index >= 15 is 0 Å². The molecule has 54 valence electrons. The van der Waals surface area contributed by atoms with E-state index in [0.717, 1.165) is 5.75 Å². The molecule has 0 aromatic carbocycles. The first kappa shape index (κ1) is 8.82. The summed E-state index contributed by atoms with van der Waals surface area (Å²) in [6.07, 6.45) is 2.51. The highest BCUT2D eigenvalue weighted by molar-refractivity contribution is 7.98. The molecule has 0 N–H and O–H groups in total. The molecule has 0 aromatic rings. The summed E-state index contributed by atoms with van der Waals surface area (Å²) in [6.45, 7) is 2.31. The van der Waals surface area contributed by atoms with Crippen molar-refractivity contribution < 1.29 is 9.53 Å². The highest BCUT2D eigenvalue weighted by Gasteiger charge is 1.97. The fourth-order valence-electron chi connectivity index (χ4n) is 0.419. The van der Waals surface area contributed by atoms with Gasteiger partial charge in [-0.15, -0.1) is 0 Å². The minimum absolute atomic E-state index is 0.0909. The largest absolute Gasteiger partial charge is 0.466 e. The molecular weight excluding hydrogens is 136 g/mol. The molecule has 0 aliphatic heterocycles. The van der Waals surface area contributed by atoms with Gasteiger partial charge in [0.25, 0.3) is 0 Å². The van der Waals surface area contributed by atoms with Crippen LogP contribution in [0.1, 0.15) is 13.3 Å². The van der Waals surface area contributed by atoms with Crippen LogP contribution in [0.5, 0.6) is 0 Å². The Labute approximate surface area is 60.0 Å². The predicted octanol–water partition coefficient (Wildman–Crippen LogP) is 1.30. The Morgan fingerprint density at radius 3 is 2.78 bits per heavy atom. The van der Waals surface area contributed by atoms with Crippen LogP contribution in [0.2, 0.25) is 0 Å².